The molecule has 6 rings (SSSR count). The molecule has 2 saturated heterocycles. The number of piperazine rings is 1. The van der Waals surface area contributed by atoms with Crippen LogP contribution in [0, 0.1) is 0 Å². The fraction of sp³-hybridized carbons (Fsp3) is 0.314. The summed E-state index contributed by atoms with van der Waals surface area (Å²) in [5.74, 6) is -1.36. The number of carbonyl (C=O) groups is 3. The number of halogens is 4. The molecular formula is C35H32ClF3N4O5S. The molecule has 9 nitrogen and oxygen atoms in total. The van der Waals surface area contributed by atoms with Gasteiger partial charge in [-0.15, -0.1) is 0 Å². The molecule has 1 N–H and O–H groups in total. The molecule has 0 unspecified atom stereocenters. The van der Waals surface area contributed by atoms with Gasteiger partial charge in [-0.3, -0.25) is 19.2 Å². The lowest BCUT2D eigenvalue weighted by Gasteiger charge is -2.38. The highest BCUT2D eigenvalue weighted by atomic mass is 35.5. The summed E-state index contributed by atoms with van der Waals surface area (Å²) < 4.78 is 44.2. The molecule has 2 fully saturated rings. The van der Waals surface area contributed by atoms with E-state index in [0.29, 0.717) is 44.2 Å². The Morgan fingerprint density at radius 2 is 1.67 bits per heavy atom. The number of fused-ring (bicyclic) bond motifs is 1. The number of hydrogen-bond donors (Lipinski definition) is 1. The zero-order valence-electron chi connectivity index (χ0n) is 26.2. The third-order valence-corrected chi connectivity index (χ3v) is 9.54. The molecule has 49 heavy (non-hydrogen) atoms. The summed E-state index contributed by atoms with van der Waals surface area (Å²) in [6, 6.07) is 18.1. The number of thioether (sulfide) groups is 1. The van der Waals surface area contributed by atoms with E-state index < -0.39 is 22.9 Å². The summed E-state index contributed by atoms with van der Waals surface area (Å²) in [6.07, 6.45) is 1.55. The van der Waals surface area contributed by atoms with E-state index in [4.69, 9.17) is 16.0 Å². The highest BCUT2D eigenvalue weighted by Gasteiger charge is 2.32. The van der Waals surface area contributed by atoms with Crippen molar-refractivity contribution in [1.82, 2.24) is 15.1 Å². The normalized spacial score (nSPS) is 15.9. The lowest BCUT2D eigenvalue weighted by molar-refractivity contribution is -0.133. The first kappa shape index (κ1) is 34.4. The minimum absolute atomic E-state index is 0.0600. The number of likely N-dealkylation sites (tertiary alicyclic amines) is 1. The summed E-state index contributed by atoms with van der Waals surface area (Å²) in [6.45, 7) is 3.10. The van der Waals surface area contributed by atoms with Gasteiger partial charge in [0.15, 0.2) is 11.2 Å². The first-order chi connectivity index (χ1) is 23.4. The van der Waals surface area contributed by atoms with Crippen LogP contribution in [0.4, 0.5) is 18.9 Å². The molecule has 2 aliphatic rings. The van der Waals surface area contributed by atoms with E-state index in [1.165, 1.54) is 6.07 Å². The Hall–Kier alpha value is -4.49. The summed E-state index contributed by atoms with van der Waals surface area (Å²) in [4.78, 5) is 58.1. The van der Waals surface area contributed by atoms with Crippen LogP contribution < -0.4 is 15.6 Å². The molecule has 0 aliphatic carbocycles. The van der Waals surface area contributed by atoms with E-state index in [9.17, 15) is 32.3 Å². The standard InChI is InChI=1S/C35H32ClF3N4O5S/c36-24-9-7-22(8-10-24)18-27(40-33(46)31-20-29(44)26-19-25(49-35(37,38)39)11-12-30(26)48-31)34(47)42-16-14-41(15-17-42)28-5-2-1-4-23(28)21-43-13-3-6-32(43)45/h1-2,4-5,7-12,19-20,27H,3,6,13-18,21H2,(H,40,46)/t27-/m1/s1. The first-order valence-corrected chi connectivity index (χ1v) is 16.9. The molecule has 3 amide bonds. The number of alkyl halides is 3. The zero-order chi connectivity index (χ0) is 34.7. The number of anilines is 1. The Bertz CT molecular complexity index is 1930. The van der Waals surface area contributed by atoms with Gasteiger partial charge in [0.05, 0.1) is 5.39 Å². The number of amides is 3. The molecule has 3 aromatic carbocycles. The van der Waals surface area contributed by atoms with Crippen molar-refractivity contribution < 1.29 is 32.0 Å². The third kappa shape index (κ3) is 8.39. The van der Waals surface area contributed by atoms with Crippen LogP contribution >= 0.6 is 23.4 Å². The molecule has 1 aromatic heterocycles. The Morgan fingerprint density at radius 1 is 0.939 bits per heavy atom. The van der Waals surface area contributed by atoms with Gasteiger partial charge in [0.2, 0.25) is 11.8 Å². The Labute approximate surface area is 289 Å². The number of carbonyl (C=O) groups excluding carboxylic acids is 3. The maximum atomic E-state index is 14.0. The number of nitrogens with one attached hydrogen (secondary N) is 1. The smallest absolute Gasteiger partial charge is 0.446 e. The van der Waals surface area contributed by atoms with Crippen LogP contribution in [0.25, 0.3) is 11.0 Å². The van der Waals surface area contributed by atoms with Gasteiger partial charge in [-0.1, -0.05) is 41.9 Å². The van der Waals surface area contributed by atoms with Gasteiger partial charge < -0.3 is 24.4 Å². The molecule has 0 bridgehead atoms. The monoisotopic (exact) mass is 712 g/mol. The molecule has 1 atom stereocenters. The predicted molar refractivity (Wildman–Crippen MR) is 181 cm³/mol. The second kappa shape index (κ2) is 14.6. The second-order valence-electron chi connectivity index (χ2n) is 11.9. The number of nitrogens with zero attached hydrogens (tertiary/aromatic N) is 3. The molecular weight excluding hydrogens is 681 g/mol. The maximum absolute atomic E-state index is 14.0. The van der Waals surface area contributed by atoms with Crippen molar-refractivity contribution in [2.45, 2.75) is 42.3 Å². The van der Waals surface area contributed by atoms with Gasteiger partial charge >= 0.3 is 5.51 Å². The molecule has 3 heterocycles. The number of hydrogen-bond acceptors (Lipinski definition) is 7. The number of benzene rings is 3. The van der Waals surface area contributed by atoms with Gasteiger partial charge in [-0.05, 0) is 65.7 Å². The summed E-state index contributed by atoms with van der Waals surface area (Å²) in [5, 5.41) is 3.13. The highest BCUT2D eigenvalue weighted by molar-refractivity contribution is 8.00. The number of para-hydroxylation sites is 1. The lowest BCUT2D eigenvalue weighted by atomic mass is 10.0. The molecule has 0 saturated carbocycles. The van der Waals surface area contributed by atoms with Crippen LogP contribution in [-0.4, -0.2) is 71.8 Å². The molecule has 0 radical (unpaired) electrons. The molecule has 14 heteroatoms. The van der Waals surface area contributed by atoms with Crippen molar-refractivity contribution in [3.63, 3.8) is 0 Å². The van der Waals surface area contributed by atoms with Gasteiger partial charge in [0, 0.05) is 73.8 Å². The van der Waals surface area contributed by atoms with E-state index in [1.807, 2.05) is 29.2 Å². The van der Waals surface area contributed by atoms with Gasteiger partial charge in [-0.25, -0.2) is 0 Å². The highest BCUT2D eigenvalue weighted by Crippen LogP contribution is 2.37. The van der Waals surface area contributed by atoms with E-state index in [-0.39, 0.29) is 51.6 Å². The minimum Gasteiger partial charge on any atom is -0.451 e. The van der Waals surface area contributed by atoms with Crippen LogP contribution in [0.1, 0.15) is 34.5 Å². The van der Waals surface area contributed by atoms with E-state index in [2.05, 4.69) is 10.2 Å². The van der Waals surface area contributed by atoms with Gasteiger partial charge in [0.1, 0.15) is 11.6 Å². The maximum Gasteiger partial charge on any atom is 0.446 e. The third-order valence-electron chi connectivity index (χ3n) is 8.57. The van der Waals surface area contributed by atoms with Crippen LogP contribution in [0.5, 0.6) is 0 Å². The second-order valence-corrected chi connectivity index (χ2v) is 13.5. The minimum atomic E-state index is -4.54. The van der Waals surface area contributed by atoms with Crippen molar-refractivity contribution in [1.29, 1.82) is 0 Å². The van der Waals surface area contributed by atoms with Crippen molar-refractivity contribution in [2.75, 3.05) is 37.6 Å². The molecule has 4 aromatic rings. The van der Waals surface area contributed by atoms with Gasteiger partial charge in [-0.2, -0.15) is 13.2 Å². The lowest BCUT2D eigenvalue weighted by Crippen LogP contribution is -2.55. The quantitative estimate of drug-likeness (QED) is 0.217. The average molecular weight is 713 g/mol. The summed E-state index contributed by atoms with van der Waals surface area (Å²) >= 11 is 5.70. The van der Waals surface area contributed by atoms with Gasteiger partial charge in [0.25, 0.3) is 5.91 Å². The van der Waals surface area contributed by atoms with E-state index in [0.717, 1.165) is 48.0 Å². The topological polar surface area (TPSA) is 103 Å². The summed E-state index contributed by atoms with van der Waals surface area (Å²) in [5.41, 5.74) is -2.50. The largest absolute Gasteiger partial charge is 0.451 e. The van der Waals surface area contributed by atoms with Crippen LogP contribution in [0.15, 0.2) is 86.9 Å². The van der Waals surface area contributed by atoms with E-state index in [1.54, 1.807) is 29.2 Å². The van der Waals surface area contributed by atoms with E-state index >= 15 is 0 Å². The van der Waals surface area contributed by atoms with Crippen molar-refractivity contribution >= 4 is 57.7 Å². The number of rotatable bonds is 9. The van der Waals surface area contributed by atoms with Crippen LogP contribution in [0.3, 0.4) is 0 Å². The van der Waals surface area contributed by atoms with Crippen molar-refractivity contribution in [3.05, 3.63) is 105 Å². The predicted octanol–water partition coefficient (Wildman–Crippen LogP) is 5.87. The average Bonchev–Trinajstić information content (AvgIpc) is 3.48. The Morgan fingerprint density at radius 3 is 2.37 bits per heavy atom. The fourth-order valence-corrected chi connectivity index (χ4v) is 6.85. The SMILES string of the molecule is O=C(N[C@H](Cc1ccc(Cl)cc1)C(=O)N1CCN(c2ccccc2CN2CCCC2=O)CC1)c1cc(=O)c2cc(SC(F)(F)F)ccc2o1. The van der Waals surface area contributed by atoms with Crippen molar-refractivity contribution in [2.24, 2.45) is 0 Å². The molecule has 256 valence electrons. The molecule has 2 aliphatic heterocycles. The first-order valence-electron chi connectivity index (χ1n) is 15.7. The molecule has 0 spiro atoms. The Kier molecular flexibility index (Phi) is 10.2. The van der Waals surface area contributed by atoms with Crippen LogP contribution in [0.2, 0.25) is 5.02 Å². The van der Waals surface area contributed by atoms with Crippen LogP contribution in [-0.2, 0) is 22.6 Å². The zero-order valence-corrected chi connectivity index (χ0v) is 27.7. The summed E-state index contributed by atoms with van der Waals surface area (Å²) in [7, 11) is 0. The Balaban J connectivity index is 1.18. The van der Waals surface area contributed by atoms with Crippen molar-refractivity contribution in [3.8, 4) is 0 Å². The fourth-order valence-electron chi connectivity index (χ4n) is 6.15.